The number of anilines is 1. The van der Waals surface area contributed by atoms with Gasteiger partial charge in [-0.2, -0.15) is 0 Å². The number of hydrogen-bond donors (Lipinski definition) is 1. The van der Waals surface area contributed by atoms with Crippen LogP contribution in [-0.2, 0) is 11.2 Å². The van der Waals surface area contributed by atoms with E-state index in [9.17, 15) is 4.79 Å². The second-order valence-electron chi connectivity index (χ2n) is 6.25. The van der Waals surface area contributed by atoms with Crippen molar-refractivity contribution in [1.29, 1.82) is 0 Å². The van der Waals surface area contributed by atoms with Crippen molar-refractivity contribution in [3.63, 3.8) is 0 Å². The monoisotopic (exact) mass is 376 g/mol. The fourth-order valence-electron chi connectivity index (χ4n) is 2.87. The number of aromatic nitrogens is 1. The highest BCUT2D eigenvalue weighted by Crippen LogP contribution is 2.27. The smallest absolute Gasteiger partial charge is 0.227 e. The van der Waals surface area contributed by atoms with Gasteiger partial charge in [0.25, 0.3) is 0 Å². The molecule has 1 amide bonds. The summed E-state index contributed by atoms with van der Waals surface area (Å²) in [4.78, 5) is 16.7. The van der Waals surface area contributed by atoms with Gasteiger partial charge in [0.05, 0.1) is 0 Å². The molecule has 0 aliphatic carbocycles. The molecule has 0 spiro atoms. The predicted molar refractivity (Wildman–Crippen MR) is 108 cm³/mol. The van der Waals surface area contributed by atoms with E-state index in [4.69, 9.17) is 16.0 Å². The molecule has 0 unspecified atom stereocenters. The molecule has 0 saturated carbocycles. The van der Waals surface area contributed by atoms with Crippen LogP contribution >= 0.6 is 11.6 Å². The fraction of sp³-hybridized carbons (Fsp3) is 0.0909. The summed E-state index contributed by atoms with van der Waals surface area (Å²) >= 11 is 6.03. The van der Waals surface area contributed by atoms with E-state index in [0.29, 0.717) is 35.0 Å². The van der Waals surface area contributed by atoms with Crippen LogP contribution in [0.5, 0.6) is 0 Å². The first-order valence-electron chi connectivity index (χ1n) is 8.68. The lowest BCUT2D eigenvalue weighted by molar-refractivity contribution is -0.116. The van der Waals surface area contributed by atoms with E-state index in [-0.39, 0.29) is 5.91 Å². The van der Waals surface area contributed by atoms with Crippen molar-refractivity contribution in [2.75, 3.05) is 5.32 Å². The number of oxazole rings is 1. The SMILES string of the molecule is O=C(CCc1ccccc1)Nc1ccc2nc(-c3cccc(Cl)c3)oc2c1. The normalized spacial score (nSPS) is 10.9. The summed E-state index contributed by atoms with van der Waals surface area (Å²) < 4.78 is 5.84. The minimum Gasteiger partial charge on any atom is -0.436 e. The molecule has 1 heterocycles. The van der Waals surface area contributed by atoms with Crippen LogP contribution in [0.2, 0.25) is 5.02 Å². The molecular weight excluding hydrogens is 360 g/mol. The summed E-state index contributed by atoms with van der Waals surface area (Å²) in [5, 5.41) is 3.54. The van der Waals surface area contributed by atoms with Crippen LogP contribution in [0.1, 0.15) is 12.0 Å². The molecule has 4 rings (SSSR count). The molecule has 1 aromatic heterocycles. The summed E-state index contributed by atoms with van der Waals surface area (Å²) in [7, 11) is 0. The molecule has 0 bridgehead atoms. The molecule has 4 nitrogen and oxygen atoms in total. The Morgan fingerprint density at radius 3 is 2.67 bits per heavy atom. The average molecular weight is 377 g/mol. The van der Waals surface area contributed by atoms with Crippen molar-refractivity contribution < 1.29 is 9.21 Å². The van der Waals surface area contributed by atoms with Gasteiger partial charge in [-0.1, -0.05) is 48.0 Å². The Morgan fingerprint density at radius 2 is 1.85 bits per heavy atom. The Hall–Kier alpha value is -3.11. The van der Waals surface area contributed by atoms with Gasteiger partial charge >= 0.3 is 0 Å². The third kappa shape index (κ3) is 4.18. The first kappa shape index (κ1) is 17.3. The van der Waals surface area contributed by atoms with E-state index in [2.05, 4.69) is 10.3 Å². The van der Waals surface area contributed by atoms with E-state index >= 15 is 0 Å². The zero-order valence-corrected chi connectivity index (χ0v) is 15.2. The van der Waals surface area contributed by atoms with Gasteiger partial charge in [0.15, 0.2) is 5.58 Å². The van der Waals surface area contributed by atoms with Crippen LogP contribution in [-0.4, -0.2) is 10.9 Å². The molecule has 0 radical (unpaired) electrons. The molecule has 0 atom stereocenters. The number of benzene rings is 3. The van der Waals surface area contributed by atoms with Crippen molar-refractivity contribution in [1.82, 2.24) is 4.98 Å². The first-order chi connectivity index (χ1) is 13.2. The first-order valence-corrected chi connectivity index (χ1v) is 9.05. The minimum atomic E-state index is -0.0345. The van der Waals surface area contributed by atoms with E-state index < -0.39 is 0 Å². The van der Waals surface area contributed by atoms with Crippen LogP contribution in [0.3, 0.4) is 0 Å². The second-order valence-corrected chi connectivity index (χ2v) is 6.68. The molecule has 3 aromatic carbocycles. The van der Waals surface area contributed by atoms with Crippen molar-refractivity contribution in [2.24, 2.45) is 0 Å². The summed E-state index contributed by atoms with van der Waals surface area (Å²) in [6, 6.07) is 22.8. The molecule has 134 valence electrons. The number of nitrogens with zero attached hydrogens (tertiary/aromatic N) is 1. The quantitative estimate of drug-likeness (QED) is 0.484. The molecule has 1 N–H and O–H groups in total. The van der Waals surface area contributed by atoms with Gasteiger partial charge in [0.1, 0.15) is 5.52 Å². The zero-order chi connectivity index (χ0) is 18.6. The van der Waals surface area contributed by atoms with Gasteiger partial charge in [0.2, 0.25) is 11.8 Å². The lowest BCUT2D eigenvalue weighted by atomic mass is 10.1. The number of fused-ring (bicyclic) bond motifs is 1. The van der Waals surface area contributed by atoms with E-state index in [1.165, 1.54) is 0 Å². The van der Waals surface area contributed by atoms with Gasteiger partial charge in [-0.25, -0.2) is 4.98 Å². The summed E-state index contributed by atoms with van der Waals surface area (Å²) in [6.45, 7) is 0. The Bertz CT molecular complexity index is 1090. The van der Waals surface area contributed by atoms with Crippen molar-refractivity contribution in [3.05, 3.63) is 83.4 Å². The number of amides is 1. The van der Waals surface area contributed by atoms with Gasteiger partial charge in [-0.3, -0.25) is 4.79 Å². The molecule has 0 fully saturated rings. The second kappa shape index (κ2) is 7.64. The zero-order valence-electron chi connectivity index (χ0n) is 14.5. The van der Waals surface area contributed by atoms with Crippen molar-refractivity contribution >= 4 is 34.3 Å². The number of nitrogens with one attached hydrogen (secondary N) is 1. The third-order valence-corrected chi connectivity index (χ3v) is 4.46. The number of aryl methyl sites for hydroxylation is 1. The molecule has 0 saturated heterocycles. The van der Waals surface area contributed by atoms with Crippen molar-refractivity contribution in [2.45, 2.75) is 12.8 Å². The van der Waals surface area contributed by atoms with Crippen LogP contribution in [0, 0.1) is 0 Å². The van der Waals surface area contributed by atoms with Crippen LogP contribution in [0.15, 0.2) is 77.2 Å². The Kier molecular flexibility index (Phi) is 4.90. The van der Waals surface area contributed by atoms with Gasteiger partial charge < -0.3 is 9.73 Å². The molecule has 5 heteroatoms. The van der Waals surface area contributed by atoms with Gasteiger partial charge in [0, 0.05) is 28.8 Å². The lowest BCUT2D eigenvalue weighted by Crippen LogP contribution is -2.12. The number of hydrogen-bond acceptors (Lipinski definition) is 3. The maximum absolute atomic E-state index is 12.2. The highest BCUT2D eigenvalue weighted by molar-refractivity contribution is 6.30. The Labute approximate surface area is 161 Å². The molecular formula is C22H17ClN2O2. The maximum atomic E-state index is 12.2. The van der Waals surface area contributed by atoms with E-state index in [0.717, 1.165) is 16.6 Å². The van der Waals surface area contributed by atoms with Crippen LogP contribution in [0.25, 0.3) is 22.6 Å². The minimum absolute atomic E-state index is 0.0345. The Balaban J connectivity index is 1.47. The summed E-state index contributed by atoms with van der Waals surface area (Å²) in [5.74, 6) is 0.466. The topological polar surface area (TPSA) is 55.1 Å². The van der Waals surface area contributed by atoms with Crippen LogP contribution in [0.4, 0.5) is 5.69 Å². The highest BCUT2D eigenvalue weighted by atomic mass is 35.5. The molecule has 27 heavy (non-hydrogen) atoms. The molecule has 0 aliphatic rings. The largest absolute Gasteiger partial charge is 0.436 e. The fourth-order valence-corrected chi connectivity index (χ4v) is 3.06. The standard InChI is InChI=1S/C22H17ClN2O2/c23-17-8-4-7-16(13-17)22-25-19-11-10-18(14-20(19)27-22)24-21(26)12-9-15-5-2-1-3-6-15/h1-8,10-11,13-14H,9,12H2,(H,24,26). The van der Waals surface area contributed by atoms with Gasteiger partial charge in [-0.05, 0) is 42.3 Å². The number of carbonyl (C=O) groups is 1. The predicted octanol–water partition coefficient (Wildman–Crippen LogP) is 5.72. The van der Waals surface area contributed by atoms with E-state index in [1.807, 2.05) is 54.6 Å². The average Bonchev–Trinajstić information content (AvgIpc) is 3.11. The Morgan fingerprint density at radius 1 is 1.00 bits per heavy atom. The maximum Gasteiger partial charge on any atom is 0.227 e. The van der Waals surface area contributed by atoms with Crippen molar-refractivity contribution in [3.8, 4) is 11.5 Å². The van der Waals surface area contributed by atoms with Gasteiger partial charge in [-0.15, -0.1) is 0 Å². The molecule has 4 aromatic rings. The summed E-state index contributed by atoms with van der Waals surface area (Å²) in [5.41, 5.74) is 3.99. The summed E-state index contributed by atoms with van der Waals surface area (Å²) in [6.07, 6.45) is 1.13. The number of rotatable bonds is 5. The number of carbonyl (C=O) groups excluding carboxylic acids is 1. The van der Waals surface area contributed by atoms with Crippen LogP contribution < -0.4 is 5.32 Å². The molecule has 0 aliphatic heterocycles. The highest BCUT2D eigenvalue weighted by Gasteiger charge is 2.10. The lowest BCUT2D eigenvalue weighted by Gasteiger charge is -2.05. The third-order valence-electron chi connectivity index (χ3n) is 4.23. The van der Waals surface area contributed by atoms with E-state index in [1.54, 1.807) is 18.2 Å². The number of halogens is 1.